The predicted octanol–water partition coefficient (Wildman–Crippen LogP) is 1.64. The van der Waals surface area contributed by atoms with Crippen LogP contribution in [0.1, 0.15) is 19.4 Å². The number of aliphatic carboxylic acids is 1. The van der Waals surface area contributed by atoms with Gasteiger partial charge in [-0.05, 0) is 26.0 Å². The molecule has 1 heterocycles. The van der Waals surface area contributed by atoms with E-state index in [1.54, 1.807) is 24.8 Å². The molecule has 1 saturated heterocycles. The zero-order valence-corrected chi connectivity index (χ0v) is 11.9. The molecule has 21 heavy (non-hydrogen) atoms. The molecule has 2 rings (SSSR count). The summed E-state index contributed by atoms with van der Waals surface area (Å²) in [4.78, 5) is 24.3. The zero-order chi connectivity index (χ0) is 15.6. The number of hydrogen-bond acceptors (Lipinski definition) is 3. The Morgan fingerprint density at radius 2 is 2.19 bits per heavy atom. The maximum absolute atomic E-state index is 14.3. The van der Waals surface area contributed by atoms with Crippen LogP contribution in [0, 0.1) is 5.82 Å². The minimum Gasteiger partial charge on any atom is -0.478 e. The molecule has 112 valence electrons. The van der Waals surface area contributed by atoms with Gasteiger partial charge in [-0.25, -0.2) is 9.18 Å². The molecule has 0 aromatic heterocycles. The first-order valence-corrected chi connectivity index (χ1v) is 6.59. The Morgan fingerprint density at radius 3 is 2.86 bits per heavy atom. The van der Waals surface area contributed by atoms with Crippen molar-refractivity contribution in [2.24, 2.45) is 0 Å². The van der Waals surface area contributed by atoms with Crippen LogP contribution in [0.4, 0.5) is 10.1 Å². The summed E-state index contributed by atoms with van der Waals surface area (Å²) in [6.07, 6.45) is 2.29. The fourth-order valence-electron chi connectivity index (χ4n) is 2.40. The number of piperazine rings is 1. The minimum absolute atomic E-state index is 0.190. The number of carbonyl (C=O) groups is 2. The average Bonchev–Trinajstić information content (AvgIpc) is 2.40. The fraction of sp³-hybridized carbons (Fsp3) is 0.333. The fourth-order valence-corrected chi connectivity index (χ4v) is 2.40. The van der Waals surface area contributed by atoms with Crippen LogP contribution in [-0.2, 0) is 9.59 Å². The number of hydrogen-bond donors (Lipinski definition) is 2. The van der Waals surface area contributed by atoms with Gasteiger partial charge in [0.1, 0.15) is 11.4 Å². The third-order valence-electron chi connectivity index (χ3n) is 3.54. The van der Waals surface area contributed by atoms with Gasteiger partial charge in [0.15, 0.2) is 0 Å². The van der Waals surface area contributed by atoms with E-state index in [1.807, 2.05) is 0 Å². The molecule has 0 bridgehead atoms. The highest BCUT2D eigenvalue weighted by Gasteiger charge is 2.39. The average molecular weight is 292 g/mol. The highest BCUT2D eigenvalue weighted by Crippen LogP contribution is 2.32. The Morgan fingerprint density at radius 1 is 1.48 bits per heavy atom. The third-order valence-corrected chi connectivity index (χ3v) is 3.54. The van der Waals surface area contributed by atoms with Crippen LogP contribution >= 0.6 is 0 Å². The van der Waals surface area contributed by atoms with E-state index in [2.05, 4.69) is 5.32 Å². The number of benzene rings is 1. The van der Waals surface area contributed by atoms with Crippen molar-refractivity contribution in [2.75, 3.05) is 18.0 Å². The number of nitrogens with zero attached hydrogens (tertiary/aromatic N) is 1. The van der Waals surface area contributed by atoms with Crippen LogP contribution in [0.15, 0.2) is 24.3 Å². The van der Waals surface area contributed by atoms with E-state index in [0.717, 1.165) is 6.08 Å². The zero-order valence-electron chi connectivity index (χ0n) is 11.9. The van der Waals surface area contributed by atoms with Gasteiger partial charge in [0.2, 0.25) is 5.91 Å². The molecule has 0 spiro atoms. The quantitative estimate of drug-likeness (QED) is 0.831. The molecule has 5 nitrogen and oxygen atoms in total. The first-order chi connectivity index (χ1) is 9.84. The van der Waals surface area contributed by atoms with Gasteiger partial charge in [-0.2, -0.15) is 0 Å². The Balaban J connectivity index is 2.52. The monoisotopic (exact) mass is 292 g/mol. The SMILES string of the molecule is CC1(C)C(=O)NCCN1c1c(F)cccc1/C=C/C(=O)O. The summed E-state index contributed by atoms with van der Waals surface area (Å²) in [5, 5.41) is 11.5. The van der Waals surface area contributed by atoms with E-state index in [-0.39, 0.29) is 11.6 Å². The summed E-state index contributed by atoms with van der Waals surface area (Å²) < 4.78 is 14.3. The molecule has 1 aromatic rings. The molecular formula is C15H17FN2O3. The molecule has 0 radical (unpaired) electrons. The number of rotatable bonds is 3. The van der Waals surface area contributed by atoms with Crippen LogP contribution < -0.4 is 10.2 Å². The van der Waals surface area contributed by atoms with Gasteiger partial charge in [0.25, 0.3) is 0 Å². The number of carbonyl (C=O) groups excluding carboxylic acids is 1. The molecule has 0 saturated carbocycles. The van der Waals surface area contributed by atoms with Gasteiger partial charge in [-0.1, -0.05) is 12.1 Å². The van der Waals surface area contributed by atoms with Crippen molar-refractivity contribution in [2.45, 2.75) is 19.4 Å². The molecule has 1 aromatic carbocycles. The van der Waals surface area contributed by atoms with Gasteiger partial charge in [0, 0.05) is 24.7 Å². The first kappa shape index (κ1) is 15.0. The molecular weight excluding hydrogens is 275 g/mol. The van der Waals surface area contributed by atoms with Gasteiger partial charge >= 0.3 is 5.97 Å². The number of anilines is 1. The standard InChI is InChI=1S/C15H17FN2O3/c1-15(2)14(21)17-8-9-18(15)13-10(6-7-12(19)20)4-3-5-11(13)16/h3-7H,8-9H2,1-2H3,(H,17,21)(H,19,20)/b7-6+. The summed E-state index contributed by atoms with van der Waals surface area (Å²) in [7, 11) is 0. The van der Waals surface area contributed by atoms with Crippen LogP contribution in [-0.4, -0.2) is 35.6 Å². The van der Waals surface area contributed by atoms with E-state index in [1.165, 1.54) is 18.2 Å². The van der Waals surface area contributed by atoms with Crippen LogP contribution in [0.3, 0.4) is 0 Å². The summed E-state index contributed by atoms with van der Waals surface area (Å²) in [6, 6.07) is 4.44. The lowest BCUT2D eigenvalue weighted by molar-refractivity contribution is -0.131. The molecule has 1 amide bonds. The van der Waals surface area contributed by atoms with Crippen molar-refractivity contribution in [3.05, 3.63) is 35.7 Å². The summed E-state index contributed by atoms with van der Waals surface area (Å²) in [5.41, 5.74) is -0.235. The lowest BCUT2D eigenvalue weighted by atomic mass is 9.96. The van der Waals surface area contributed by atoms with Crippen LogP contribution in [0.25, 0.3) is 6.08 Å². The molecule has 6 heteroatoms. The number of halogens is 1. The number of carboxylic acid groups (broad SMARTS) is 1. The van der Waals surface area contributed by atoms with E-state index >= 15 is 0 Å². The van der Waals surface area contributed by atoms with E-state index in [4.69, 9.17) is 5.11 Å². The lowest BCUT2D eigenvalue weighted by Gasteiger charge is -2.43. The second kappa shape index (κ2) is 5.55. The molecule has 0 atom stereocenters. The molecule has 1 aliphatic heterocycles. The highest BCUT2D eigenvalue weighted by atomic mass is 19.1. The van der Waals surface area contributed by atoms with Crippen LogP contribution in [0.2, 0.25) is 0 Å². The number of carboxylic acids is 1. The van der Waals surface area contributed by atoms with Gasteiger partial charge in [-0.3, -0.25) is 4.79 Å². The van der Waals surface area contributed by atoms with E-state index in [9.17, 15) is 14.0 Å². The highest BCUT2D eigenvalue weighted by molar-refractivity contribution is 5.92. The van der Waals surface area contributed by atoms with Crippen molar-refractivity contribution in [1.29, 1.82) is 0 Å². The summed E-state index contributed by atoms with van der Waals surface area (Å²) in [6.45, 7) is 4.28. The maximum Gasteiger partial charge on any atom is 0.328 e. The largest absolute Gasteiger partial charge is 0.478 e. The van der Waals surface area contributed by atoms with Crippen molar-refractivity contribution in [3.63, 3.8) is 0 Å². The molecule has 1 fully saturated rings. The smallest absolute Gasteiger partial charge is 0.328 e. The normalized spacial score (nSPS) is 17.9. The first-order valence-electron chi connectivity index (χ1n) is 6.59. The third kappa shape index (κ3) is 2.89. The Kier molecular flexibility index (Phi) is 3.97. The van der Waals surface area contributed by atoms with Crippen molar-refractivity contribution >= 4 is 23.6 Å². The van der Waals surface area contributed by atoms with Gasteiger partial charge in [0.05, 0.1) is 5.69 Å². The second-order valence-electron chi connectivity index (χ2n) is 5.32. The predicted molar refractivity (Wildman–Crippen MR) is 77.5 cm³/mol. The van der Waals surface area contributed by atoms with Crippen molar-refractivity contribution < 1.29 is 19.1 Å². The van der Waals surface area contributed by atoms with E-state index < -0.39 is 17.3 Å². The Bertz CT molecular complexity index is 611. The van der Waals surface area contributed by atoms with Crippen molar-refractivity contribution in [3.8, 4) is 0 Å². The topological polar surface area (TPSA) is 69.6 Å². The molecule has 1 aliphatic rings. The van der Waals surface area contributed by atoms with E-state index in [0.29, 0.717) is 18.7 Å². The number of para-hydroxylation sites is 1. The molecule has 0 aliphatic carbocycles. The van der Waals surface area contributed by atoms with Crippen molar-refractivity contribution in [1.82, 2.24) is 5.32 Å². The summed E-state index contributed by atoms with van der Waals surface area (Å²) >= 11 is 0. The molecule has 0 unspecified atom stereocenters. The lowest BCUT2D eigenvalue weighted by Crippen LogP contribution is -2.62. The Hall–Kier alpha value is -2.37. The van der Waals surface area contributed by atoms with Gasteiger partial charge in [-0.15, -0.1) is 0 Å². The number of nitrogens with one attached hydrogen (secondary N) is 1. The van der Waals surface area contributed by atoms with Gasteiger partial charge < -0.3 is 15.3 Å². The maximum atomic E-state index is 14.3. The van der Waals surface area contributed by atoms with Crippen LogP contribution in [0.5, 0.6) is 0 Å². The minimum atomic E-state index is -1.11. The summed E-state index contributed by atoms with van der Waals surface area (Å²) in [5.74, 6) is -1.78. The Labute approximate surface area is 122 Å². The number of amides is 1. The molecule has 2 N–H and O–H groups in total. The second-order valence-corrected chi connectivity index (χ2v) is 5.32.